The number of rotatable bonds is 5. The molecule has 1 aliphatic rings. The fourth-order valence-corrected chi connectivity index (χ4v) is 2.09. The van der Waals surface area contributed by atoms with E-state index < -0.39 is 0 Å². The van der Waals surface area contributed by atoms with Crippen LogP contribution >= 0.6 is 0 Å². The molecule has 0 atom stereocenters. The molecule has 112 valence electrons. The van der Waals surface area contributed by atoms with Crippen molar-refractivity contribution in [2.75, 3.05) is 13.2 Å². The zero-order chi connectivity index (χ0) is 15.3. The SMILES string of the molecule is CCOC(=O)C1=C(C)NC(C(C)C)=C(C(=O)OCC)C1. The third-order valence-corrected chi connectivity index (χ3v) is 3.07. The number of hydrogen-bond acceptors (Lipinski definition) is 5. The summed E-state index contributed by atoms with van der Waals surface area (Å²) in [6.07, 6.45) is 0.254. The number of ether oxygens (including phenoxy) is 2. The zero-order valence-corrected chi connectivity index (χ0v) is 12.8. The van der Waals surface area contributed by atoms with Crippen LogP contribution in [0.2, 0.25) is 0 Å². The molecule has 5 heteroatoms. The van der Waals surface area contributed by atoms with Gasteiger partial charge in [0.25, 0.3) is 0 Å². The fraction of sp³-hybridized carbons (Fsp3) is 0.600. The number of carbonyl (C=O) groups is 2. The molecule has 0 aromatic carbocycles. The van der Waals surface area contributed by atoms with Gasteiger partial charge < -0.3 is 14.8 Å². The highest BCUT2D eigenvalue weighted by Gasteiger charge is 2.29. The molecule has 1 rings (SSSR count). The Morgan fingerprint density at radius 3 is 2.05 bits per heavy atom. The molecule has 5 nitrogen and oxygen atoms in total. The van der Waals surface area contributed by atoms with Crippen LogP contribution in [-0.4, -0.2) is 25.2 Å². The van der Waals surface area contributed by atoms with Gasteiger partial charge >= 0.3 is 11.9 Å². The van der Waals surface area contributed by atoms with Gasteiger partial charge in [0.05, 0.1) is 24.4 Å². The van der Waals surface area contributed by atoms with Crippen molar-refractivity contribution in [1.82, 2.24) is 5.32 Å². The lowest BCUT2D eigenvalue weighted by Crippen LogP contribution is -2.30. The van der Waals surface area contributed by atoms with Crippen molar-refractivity contribution in [3.63, 3.8) is 0 Å². The van der Waals surface area contributed by atoms with Crippen molar-refractivity contribution in [2.45, 2.75) is 41.0 Å². The van der Waals surface area contributed by atoms with Gasteiger partial charge in [0, 0.05) is 17.8 Å². The molecule has 0 bridgehead atoms. The maximum atomic E-state index is 12.1. The number of esters is 2. The average Bonchev–Trinajstić information content (AvgIpc) is 2.38. The van der Waals surface area contributed by atoms with Crippen LogP contribution in [0.25, 0.3) is 0 Å². The average molecular weight is 281 g/mol. The van der Waals surface area contributed by atoms with Crippen LogP contribution in [-0.2, 0) is 19.1 Å². The Balaban J connectivity index is 3.07. The molecule has 0 aromatic heterocycles. The molecule has 0 saturated carbocycles. The Labute approximate surface area is 120 Å². The van der Waals surface area contributed by atoms with E-state index in [2.05, 4.69) is 5.32 Å². The van der Waals surface area contributed by atoms with E-state index in [-0.39, 0.29) is 24.3 Å². The molecule has 20 heavy (non-hydrogen) atoms. The van der Waals surface area contributed by atoms with Crippen LogP contribution in [0.15, 0.2) is 22.5 Å². The van der Waals surface area contributed by atoms with Crippen LogP contribution < -0.4 is 5.32 Å². The quantitative estimate of drug-likeness (QED) is 0.783. The Morgan fingerprint density at radius 1 is 1.10 bits per heavy atom. The molecular weight excluding hydrogens is 258 g/mol. The van der Waals surface area contributed by atoms with Crippen molar-refractivity contribution in [3.8, 4) is 0 Å². The largest absolute Gasteiger partial charge is 0.463 e. The second-order valence-electron chi connectivity index (χ2n) is 4.89. The first-order chi connectivity index (χ1) is 9.42. The van der Waals surface area contributed by atoms with E-state index in [0.29, 0.717) is 24.4 Å². The maximum absolute atomic E-state index is 12.1. The van der Waals surface area contributed by atoms with Gasteiger partial charge in [-0.15, -0.1) is 0 Å². The highest BCUT2D eigenvalue weighted by atomic mass is 16.5. The molecule has 0 amide bonds. The summed E-state index contributed by atoms with van der Waals surface area (Å²) in [5.74, 6) is -0.617. The number of nitrogens with one attached hydrogen (secondary N) is 1. The van der Waals surface area contributed by atoms with Gasteiger partial charge in [0.15, 0.2) is 0 Å². The minimum atomic E-state index is -0.387. The Hall–Kier alpha value is -1.78. The molecule has 1 aliphatic heterocycles. The van der Waals surface area contributed by atoms with E-state index in [1.165, 1.54) is 0 Å². The van der Waals surface area contributed by atoms with E-state index in [1.807, 2.05) is 20.8 Å². The highest BCUT2D eigenvalue weighted by Crippen LogP contribution is 2.28. The van der Waals surface area contributed by atoms with Crippen molar-refractivity contribution >= 4 is 11.9 Å². The smallest absolute Gasteiger partial charge is 0.336 e. The minimum Gasteiger partial charge on any atom is -0.463 e. The second kappa shape index (κ2) is 7.12. The second-order valence-corrected chi connectivity index (χ2v) is 4.89. The summed E-state index contributed by atoms with van der Waals surface area (Å²) >= 11 is 0. The maximum Gasteiger partial charge on any atom is 0.336 e. The summed E-state index contributed by atoms with van der Waals surface area (Å²) in [4.78, 5) is 24.0. The molecule has 0 aromatic rings. The fourth-order valence-electron chi connectivity index (χ4n) is 2.09. The molecule has 0 aliphatic carbocycles. The van der Waals surface area contributed by atoms with Crippen LogP contribution in [0.3, 0.4) is 0 Å². The predicted octanol–water partition coefficient (Wildman–Crippen LogP) is 2.29. The summed E-state index contributed by atoms with van der Waals surface area (Å²) < 4.78 is 10.1. The lowest BCUT2D eigenvalue weighted by atomic mass is 9.93. The number of carbonyl (C=O) groups excluding carboxylic acids is 2. The van der Waals surface area contributed by atoms with Crippen molar-refractivity contribution in [1.29, 1.82) is 0 Å². The summed E-state index contributed by atoms with van der Waals surface area (Å²) in [6.45, 7) is 9.93. The van der Waals surface area contributed by atoms with Gasteiger partial charge in [0.1, 0.15) is 0 Å². The van der Waals surface area contributed by atoms with Crippen molar-refractivity contribution in [2.24, 2.45) is 5.92 Å². The predicted molar refractivity (Wildman–Crippen MR) is 75.6 cm³/mol. The molecule has 0 unspecified atom stereocenters. The normalized spacial score (nSPS) is 15.3. The van der Waals surface area contributed by atoms with Crippen molar-refractivity contribution in [3.05, 3.63) is 22.5 Å². The van der Waals surface area contributed by atoms with E-state index in [9.17, 15) is 9.59 Å². The summed E-state index contributed by atoms with van der Waals surface area (Å²) in [7, 11) is 0. The zero-order valence-electron chi connectivity index (χ0n) is 12.8. The molecule has 0 saturated heterocycles. The number of hydrogen-bond donors (Lipinski definition) is 1. The third-order valence-electron chi connectivity index (χ3n) is 3.07. The van der Waals surface area contributed by atoms with Gasteiger partial charge in [0.2, 0.25) is 0 Å². The summed E-state index contributed by atoms with van der Waals surface area (Å²) in [5, 5.41) is 3.15. The first kappa shape index (κ1) is 16.3. The van der Waals surface area contributed by atoms with Gasteiger partial charge in [-0.1, -0.05) is 13.8 Å². The summed E-state index contributed by atoms with van der Waals surface area (Å²) in [6, 6.07) is 0. The van der Waals surface area contributed by atoms with E-state index in [1.54, 1.807) is 13.8 Å². The molecule has 1 N–H and O–H groups in total. The molecule has 0 fully saturated rings. The lowest BCUT2D eigenvalue weighted by Gasteiger charge is -2.26. The highest BCUT2D eigenvalue weighted by molar-refractivity contribution is 5.96. The van der Waals surface area contributed by atoms with Crippen molar-refractivity contribution < 1.29 is 19.1 Å². The molecule has 1 heterocycles. The van der Waals surface area contributed by atoms with E-state index in [0.717, 1.165) is 11.4 Å². The number of dihydropyridines is 1. The Bertz CT molecular complexity index is 460. The van der Waals surface area contributed by atoms with Crippen LogP contribution in [0, 0.1) is 5.92 Å². The monoisotopic (exact) mass is 281 g/mol. The van der Waals surface area contributed by atoms with E-state index in [4.69, 9.17) is 9.47 Å². The van der Waals surface area contributed by atoms with Gasteiger partial charge in [-0.05, 0) is 26.7 Å². The van der Waals surface area contributed by atoms with Gasteiger partial charge in [-0.2, -0.15) is 0 Å². The minimum absolute atomic E-state index is 0.146. The van der Waals surface area contributed by atoms with Crippen LogP contribution in [0.4, 0.5) is 0 Å². The van der Waals surface area contributed by atoms with Crippen LogP contribution in [0.1, 0.15) is 41.0 Å². The topological polar surface area (TPSA) is 64.6 Å². The molecule has 0 spiro atoms. The number of allylic oxidation sites excluding steroid dienone is 2. The summed E-state index contributed by atoms with van der Waals surface area (Å²) in [5.41, 5.74) is 2.55. The first-order valence-electron chi connectivity index (χ1n) is 6.96. The van der Waals surface area contributed by atoms with Gasteiger partial charge in [-0.3, -0.25) is 0 Å². The Morgan fingerprint density at radius 2 is 1.60 bits per heavy atom. The van der Waals surface area contributed by atoms with Crippen LogP contribution in [0.5, 0.6) is 0 Å². The molecule has 0 radical (unpaired) electrons. The van der Waals surface area contributed by atoms with Gasteiger partial charge in [-0.25, -0.2) is 9.59 Å². The first-order valence-corrected chi connectivity index (χ1v) is 6.96. The van der Waals surface area contributed by atoms with E-state index >= 15 is 0 Å². The molecular formula is C15H23NO4. The lowest BCUT2D eigenvalue weighted by molar-refractivity contribution is -0.139. The standard InChI is InChI=1S/C15H23NO4/c1-6-19-14(17)11-8-12(15(18)20-7-2)13(9(3)4)16-10(11)5/h9,16H,6-8H2,1-5H3. The Kier molecular flexibility index (Phi) is 5.80. The third kappa shape index (κ3) is 3.62.